The van der Waals surface area contributed by atoms with E-state index < -0.39 is 0 Å². The van der Waals surface area contributed by atoms with Gasteiger partial charge in [-0.15, -0.1) is 0 Å². The van der Waals surface area contributed by atoms with E-state index in [1.807, 2.05) is 24.3 Å². The fraction of sp³-hybridized carbons (Fsp3) is 0.500. The predicted octanol–water partition coefficient (Wildman–Crippen LogP) is 5.04. The molecule has 5 nitrogen and oxygen atoms in total. The number of hydrogen-bond donors (Lipinski definition) is 3. The van der Waals surface area contributed by atoms with Crippen molar-refractivity contribution in [2.45, 2.75) is 57.5 Å². The molecule has 0 amide bonds. The molecule has 172 valence electrons. The van der Waals surface area contributed by atoms with Crippen LogP contribution in [0.25, 0.3) is 16.9 Å². The maximum absolute atomic E-state index is 6.02. The predicted molar refractivity (Wildman–Crippen MR) is 134 cm³/mol. The largest absolute Gasteiger partial charge is 0.315 e. The lowest BCUT2D eigenvalue weighted by Crippen LogP contribution is -2.36. The van der Waals surface area contributed by atoms with Crippen molar-refractivity contribution >= 4 is 17.2 Å². The highest BCUT2D eigenvalue weighted by Gasteiger charge is 2.11. The monoisotopic (exact) mass is 453 g/mol. The summed E-state index contributed by atoms with van der Waals surface area (Å²) in [5.74, 6) is 0. The summed E-state index contributed by atoms with van der Waals surface area (Å²) >= 11 is 6.02. The molecule has 0 spiro atoms. The van der Waals surface area contributed by atoms with Gasteiger partial charge in [0.2, 0.25) is 0 Å². The molecule has 4 rings (SSSR count). The molecule has 0 saturated heterocycles. The molecule has 0 atom stereocenters. The van der Waals surface area contributed by atoms with E-state index in [2.05, 4.69) is 44.7 Å². The highest BCUT2D eigenvalue weighted by molar-refractivity contribution is 6.30. The van der Waals surface area contributed by atoms with Gasteiger partial charge < -0.3 is 20.4 Å². The van der Waals surface area contributed by atoms with Gasteiger partial charge in [-0.1, -0.05) is 49.1 Å². The Hall–Kier alpha value is -1.92. The van der Waals surface area contributed by atoms with Crippen LogP contribution in [0.2, 0.25) is 5.02 Å². The lowest BCUT2D eigenvalue weighted by Gasteiger charge is -2.22. The fourth-order valence-electron chi connectivity index (χ4n) is 4.48. The first-order chi connectivity index (χ1) is 15.8. The Morgan fingerprint density at radius 1 is 0.875 bits per heavy atom. The molecular formula is C26H36ClN5. The Morgan fingerprint density at radius 3 is 2.47 bits per heavy atom. The van der Waals surface area contributed by atoms with E-state index >= 15 is 0 Å². The average molecular weight is 454 g/mol. The molecule has 0 unspecified atom stereocenters. The smallest absolute Gasteiger partial charge is 0.137 e. The first kappa shape index (κ1) is 23.2. The van der Waals surface area contributed by atoms with E-state index in [0.717, 1.165) is 60.7 Å². The third kappa shape index (κ3) is 6.79. The first-order valence-electron chi connectivity index (χ1n) is 12.2. The van der Waals surface area contributed by atoms with Gasteiger partial charge in [-0.05, 0) is 63.0 Å². The maximum atomic E-state index is 6.02. The highest BCUT2D eigenvalue weighted by Crippen LogP contribution is 2.22. The standard InChI is InChI=1S/C26H36ClN5/c27-22-13-11-21(12-14-22)25-20-32-24(9-6-10-26(32)31-25)19-29-16-5-4-15-28-17-18-30-23-7-2-1-3-8-23/h6,9-14,20,23,28-30H,1-5,7-8,15-19H2. The third-order valence-corrected chi connectivity index (χ3v) is 6.57. The summed E-state index contributed by atoms with van der Waals surface area (Å²) < 4.78 is 2.18. The van der Waals surface area contributed by atoms with Crippen LogP contribution >= 0.6 is 11.6 Å². The molecule has 1 saturated carbocycles. The zero-order valence-electron chi connectivity index (χ0n) is 19.0. The average Bonchev–Trinajstić information content (AvgIpc) is 3.26. The molecule has 0 aliphatic heterocycles. The van der Waals surface area contributed by atoms with E-state index in [9.17, 15) is 0 Å². The van der Waals surface area contributed by atoms with Crippen molar-refractivity contribution in [3.8, 4) is 11.3 Å². The van der Waals surface area contributed by atoms with Crippen LogP contribution < -0.4 is 16.0 Å². The Balaban J connectivity index is 1.13. The van der Waals surface area contributed by atoms with Crippen LogP contribution in [0.4, 0.5) is 0 Å². The Labute approximate surface area is 197 Å². The zero-order chi connectivity index (χ0) is 22.0. The van der Waals surface area contributed by atoms with Crippen molar-refractivity contribution < 1.29 is 0 Å². The van der Waals surface area contributed by atoms with E-state index in [0.29, 0.717) is 0 Å². The van der Waals surface area contributed by atoms with Crippen molar-refractivity contribution in [3.05, 3.63) is 59.4 Å². The number of nitrogens with one attached hydrogen (secondary N) is 3. The number of nitrogens with zero attached hydrogens (tertiary/aromatic N) is 2. The molecule has 6 heteroatoms. The summed E-state index contributed by atoms with van der Waals surface area (Å²) in [4.78, 5) is 4.77. The number of pyridine rings is 1. The molecule has 0 radical (unpaired) electrons. The number of hydrogen-bond acceptors (Lipinski definition) is 4. The summed E-state index contributed by atoms with van der Waals surface area (Å²) in [7, 11) is 0. The lowest BCUT2D eigenvalue weighted by atomic mass is 9.95. The Morgan fingerprint density at radius 2 is 1.66 bits per heavy atom. The van der Waals surface area contributed by atoms with Crippen molar-refractivity contribution in [1.29, 1.82) is 0 Å². The van der Waals surface area contributed by atoms with Gasteiger partial charge in [0.1, 0.15) is 5.65 Å². The SMILES string of the molecule is Clc1ccc(-c2cn3c(CNCCCCNCCNC4CCCCC4)cccc3n2)cc1. The number of unbranched alkanes of at least 4 members (excludes halogenated alkanes) is 1. The Bertz CT molecular complexity index is 947. The van der Waals surface area contributed by atoms with Crippen LogP contribution in [-0.4, -0.2) is 41.6 Å². The van der Waals surface area contributed by atoms with E-state index in [4.69, 9.17) is 16.6 Å². The van der Waals surface area contributed by atoms with Crippen LogP contribution in [-0.2, 0) is 6.54 Å². The number of aromatic nitrogens is 2. The first-order valence-corrected chi connectivity index (χ1v) is 12.6. The summed E-state index contributed by atoms with van der Waals surface area (Å²) in [5.41, 5.74) is 4.25. The maximum Gasteiger partial charge on any atom is 0.137 e. The molecular weight excluding hydrogens is 418 g/mol. The van der Waals surface area contributed by atoms with Gasteiger partial charge in [-0.3, -0.25) is 0 Å². The molecule has 2 heterocycles. The quantitative estimate of drug-likeness (QED) is 0.336. The molecule has 32 heavy (non-hydrogen) atoms. The van der Waals surface area contributed by atoms with Crippen LogP contribution in [0.1, 0.15) is 50.6 Å². The summed E-state index contributed by atoms with van der Waals surface area (Å²) in [6.45, 7) is 5.12. The number of fused-ring (bicyclic) bond motifs is 1. The molecule has 0 bridgehead atoms. The van der Waals surface area contributed by atoms with Gasteiger partial charge in [0.25, 0.3) is 0 Å². The number of halogens is 1. The van der Waals surface area contributed by atoms with Gasteiger partial charge in [0.05, 0.1) is 5.69 Å². The van der Waals surface area contributed by atoms with Crippen LogP contribution in [0.15, 0.2) is 48.7 Å². The highest BCUT2D eigenvalue weighted by atomic mass is 35.5. The summed E-state index contributed by atoms with van der Waals surface area (Å²) in [5, 5.41) is 11.6. The topological polar surface area (TPSA) is 53.4 Å². The normalized spacial score (nSPS) is 14.9. The van der Waals surface area contributed by atoms with Crippen molar-refractivity contribution in [2.24, 2.45) is 0 Å². The second-order valence-corrected chi connectivity index (χ2v) is 9.24. The molecule has 3 N–H and O–H groups in total. The van der Waals surface area contributed by atoms with Crippen LogP contribution in [0.5, 0.6) is 0 Å². The minimum atomic E-state index is 0.744. The molecule has 1 fully saturated rings. The van der Waals surface area contributed by atoms with Crippen molar-refractivity contribution in [3.63, 3.8) is 0 Å². The molecule has 1 aliphatic carbocycles. The summed E-state index contributed by atoms with van der Waals surface area (Å²) in [6.07, 6.45) is 11.4. The number of imidazole rings is 1. The van der Waals surface area contributed by atoms with Gasteiger partial charge in [-0.25, -0.2) is 4.98 Å². The zero-order valence-corrected chi connectivity index (χ0v) is 19.7. The van der Waals surface area contributed by atoms with Gasteiger partial charge in [-0.2, -0.15) is 0 Å². The molecule has 3 aromatic rings. The van der Waals surface area contributed by atoms with Gasteiger partial charge in [0, 0.05) is 48.2 Å². The minimum Gasteiger partial charge on any atom is -0.315 e. The fourth-order valence-corrected chi connectivity index (χ4v) is 4.61. The third-order valence-electron chi connectivity index (χ3n) is 6.32. The van der Waals surface area contributed by atoms with E-state index in [1.165, 1.54) is 50.6 Å². The van der Waals surface area contributed by atoms with Crippen LogP contribution in [0.3, 0.4) is 0 Å². The van der Waals surface area contributed by atoms with Gasteiger partial charge in [0.15, 0.2) is 0 Å². The lowest BCUT2D eigenvalue weighted by molar-refractivity contribution is 0.372. The second kappa shape index (κ2) is 12.4. The minimum absolute atomic E-state index is 0.744. The van der Waals surface area contributed by atoms with Crippen molar-refractivity contribution in [2.75, 3.05) is 26.2 Å². The number of benzene rings is 1. The van der Waals surface area contributed by atoms with Crippen molar-refractivity contribution in [1.82, 2.24) is 25.3 Å². The van der Waals surface area contributed by atoms with Crippen LogP contribution in [0, 0.1) is 0 Å². The summed E-state index contributed by atoms with van der Waals surface area (Å²) in [6, 6.07) is 14.9. The number of rotatable bonds is 12. The molecule has 2 aromatic heterocycles. The molecule has 1 aliphatic rings. The molecule has 1 aromatic carbocycles. The second-order valence-electron chi connectivity index (χ2n) is 8.80. The Kier molecular flexibility index (Phi) is 8.97. The van der Waals surface area contributed by atoms with E-state index in [1.54, 1.807) is 0 Å². The van der Waals surface area contributed by atoms with Gasteiger partial charge >= 0.3 is 0 Å². The van der Waals surface area contributed by atoms with E-state index in [-0.39, 0.29) is 0 Å².